The molecular formula is C20H23N5O. The molecule has 6 nitrogen and oxygen atoms in total. The number of hydrogen-bond donors (Lipinski definition) is 1. The summed E-state index contributed by atoms with van der Waals surface area (Å²) in [7, 11) is 0. The predicted molar refractivity (Wildman–Crippen MR) is 101 cm³/mol. The molecule has 0 radical (unpaired) electrons. The van der Waals surface area contributed by atoms with Crippen molar-refractivity contribution in [2.24, 2.45) is 0 Å². The Kier molecular flexibility index (Phi) is 4.56. The van der Waals surface area contributed by atoms with E-state index >= 15 is 0 Å². The third-order valence-electron chi connectivity index (χ3n) is 5.01. The van der Waals surface area contributed by atoms with Gasteiger partial charge in [0.2, 0.25) is 0 Å². The number of nitrogens with one attached hydrogen (secondary N) is 1. The maximum atomic E-state index is 12.8. The van der Waals surface area contributed by atoms with Crippen molar-refractivity contribution in [1.82, 2.24) is 24.8 Å². The van der Waals surface area contributed by atoms with Gasteiger partial charge in [-0.05, 0) is 49.6 Å². The van der Waals surface area contributed by atoms with Crippen molar-refractivity contribution in [3.05, 3.63) is 60.2 Å². The smallest absolute Gasteiger partial charge is 0.318 e. The van der Waals surface area contributed by atoms with Gasteiger partial charge in [0.15, 0.2) is 0 Å². The van der Waals surface area contributed by atoms with Crippen molar-refractivity contribution in [2.45, 2.75) is 38.9 Å². The lowest BCUT2D eigenvalue weighted by Crippen LogP contribution is -2.39. The number of imidazole rings is 1. The molecule has 0 aliphatic carbocycles. The van der Waals surface area contributed by atoms with Crippen LogP contribution >= 0.6 is 0 Å². The van der Waals surface area contributed by atoms with E-state index in [1.807, 2.05) is 35.2 Å². The largest absolute Gasteiger partial charge is 0.334 e. The highest BCUT2D eigenvalue weighted by molar-refractivity contribution is 5.77. The molecule has 1 unspecified atom stereocenters. The fourth-order valence-electron chi connectivity index (χ4n) is 3.74. The Bertz CT molecular complexity index is 905. The summed E-state index contributed by atoms with van der Waals surface area (Å²) in [5.41, 5.74) is 3.17. The van der Waals surface area contributed by atoms with Crippen LogP contribution in [0.1, 0.15) is 37.2 Å². The highest BCUT2D eigenvalue weighted by atomic mass is 16.2. The molecule has 4 rings (SSSR count). The van der Waals surface area contributed by atoms with Crippen molar-refractivity contribution in [1.29, 1.82) is 0 Å². The van der Waals surface area contributed by atoms with Crippen LogP contribution in [0.4, 0.5) is 4.79 Å². The third kappa shape index (κ3) is 3.03. The topological polar surface area (TPSA) is 63.1 Å². The van der Waals surface area contributed by atoms with Crippen molar-refractivity contribution >= 4 is 17.1 Å². The minimum Gasteiger partial charge on any atom is -0.334 e. The molecule has 1 aliphatic heterocycles. The molecular weight excluding hydrogens is 326 g/mol. The molecule has 1 atom stereocenters. The Labute approximate surface area is 152 Å². The van der Waals surface area contributed by atoms with Crippen LogP contribution in [0.15, 0.2) is 48.8 Å². The average Bonchev–Trinajstić information content (AvgIpc) is 3.31. The number of urea groups is 1. The van der Waals surface area contributed by atoms with Crippen LogP contribution < -0.4 is 5.32 Å². The Morgan fingerprint density at radius 3 is 2.85 bits per heavy atom. The Morgan fingerprint density at radius 1 is 1.23 bits per heavy atom. The van der Waals surface area contributed by atoms with E-state index in [1.165, 1.54) is 0 Å². The summed E-state index contributed by atoms with van der Waals surface area (Å²) in [5, 5.41) is 3.03. The molecule has 6 heteroatoms. The molecule has 1 aromatic carbocycles. The average molecular weight is 349 g/mol. The second-order valence-corrected chi connectivity index (χ2v) is 6.57. The Hall–Kier alpha value is -2.89. The first kappa shape index (κ1) is 16.6. The van der Waals surface area contributed by atoms with Crippen LogP contribution in [0.2, 0.25) is 0 Å². The van der Waals surface area contributed by atoms with Gasteiger partial charge in [0.1, 0.15) is 5.82 Å². The van der Waals surface area contributed by atoms with Crippen LogP contribution in [-0.4, -0.2) is 32.0 Å². The zero-order chi connectivity index (χ0) is 17.9. The molecule has 3 aromatic rings. The molecule has 2 aromatic heterocycles. The van der Waals surface area contributed by atoms with Gasteiger partial charge in [-0.2, -0.15) is 0 Å². The second kappa shape index (κ2) is 7.15. The van der Waals surface area contributed by atoms with Gasteiger partial charge in [0.25, 0.3) is 0 Å². The van der Waals surface area contributed by atoms with Gasteiger partial charge in [-0.1, -0.05) is 12.1 Å². The minimum absolute atomic E-state index is 0.0276. The summed E-state index contributed by atoms with van der Waals surface area (Å²) in [6.45, 7) is 4.24. The number of carbonyl (C=O) groups excluding carboxylic acids is 1. The van der Waals surface area contributed by atoms with Crippen LogP contribution in [0.25, 0.3) is 11.0 Å². The number of likely N-dealkylation sites (tertiary alicyclic amines) is 1. The van der Waals surface area contributed by atoms with Gasteiger partial charge in [-0.25, -0.2) is 9.78 Å². The molecule has 26 heavy (non-hydrogen) atoms. The van der Waals surface area contributed by atoms with E-state index in [1.54, 1.807) is 12.4 Å². The molecule has 1 aliphatic rings. The fourth-order valence-corrected chi connectivity index (χ4v) is 3.74. The van der Waals surface area contributed by atoms with Gasteiger partial charge in [0.05, 0.1) is 17.1 Å². The molecule has 0 bridgehead atoms. The summed E-state index contributed by atoms with van der Waals surface area (Å²) < 4.78 is 2.23. The third-order valence-corrected chi connectivity index (χ3v) is 5.01. The fraction of sp³-hybridized carbons (Fsp3) is 0.350. The van der Waals surface area contributed by atoms with Crippen molar-refractivity contribution in [3.8, 4) is 0 Å². The Balaban J connectivity index is 1.56. The molecule has 1 saturated heterocycles. The van der Waals surface area contributed by atoms with Crippen molar-refractivity contribution < 1.29 is 4.79 Å². The number of hydrogen-bond acceptors (Lipinski definition) is 3. The maximum absolute atomic E-state index is 12.8. The van der Waals surface area contributed by atoms with E-state index in [0.29, 0.717) is 6.54 Å². The molecule has 3 heterocycles. The van der Waals surface area contributed by atoms with Crippen molar-refractivity contribution in [3.63, 3.8) is 0 Å². The van der Waals surface area contributed by atoms with E-state index in [2.05, 4.69) is 27.9 Å². The first-order chi connectivity index (χ1) is 12.8. The highest BCUT2D eigenvalue weighted by Gasteiger charge is 2.33. The first-order valence-corrected chi connectivity index (χ1v) is 9.16. The minimum atomic E-state index is -0.0287. The number of pyridine rings is 1. The van der Waals surface area contributed by atoms with Crippen LogP contribution in [-0.2, 0) is 13.1 Å². The van der Waals surface area contributed by atoms with Gasteiger partial charge in [0, 0.05) is 32.0 Å². The lowest BCUT2D eigenvalue weighted by atomic mass is 10.2. The normalized spacial score (nSPS) is 17.0. The predicted octanol–water partition coefficient (Wildman–Crippen LogP) is 3.50. The van der Waals surface area contributed by atoms with Gasteiger partial charge < -0.3 is 14.8 Å². The van der Waals surface area contributed by atoms with Gasteiger partial charge >= 0.3 is 6.03 Å². The zero-order valence-corrected chi connectivity index (χ0v) is 14.9. The van der Waals surface area contributed by atoms with E-state index in [4.69, 9.17) is 4.98 Å². The van der Waals surface area contributed by atoms with Crippen LogP contribution in [0, 0.1) is 0 Å². The lowest BCUT2D eigenvalue weighted by molar-refractivity contribution is 0.189. The van der Waals surface area contributed by atoms with E-state index in [0.717, 1.165) is 48.4 Å². The summed E-state index contributed by atoms with van der Waals surface area (Å²) in [4.78, 5) is 23.6. The van der Waals surface area contributed by atoms with Gasteiger partial charge in [-0.3, -0.25) is 4.98 Å². The quantitative estimate of drug-likeness (QED) is 0.784. The SMILES string of the molecule is CCn1c(C2CCCN2C(=O)NCc2ccncc2)nc2ccccc21. The van der Waals surface area contributed by atoms with E-state index in [9.17, 15) is 4.79 Å². The standard InChI is InChI=1S/C20H23N5O/c1-2-24-17-7-4-3-6-16(17)23-19(24)18-8-5-13-25(18)20(26)22-14-15-9-11-21-12-10-15/h3-4,6-7,9-12,18H,2,5,8,13-14H2,1H3,(H,22,26). The van der Waals surface area contributed by atoms with E-state index < -0.39 is 0 Å². The molecule has 1 fully saturated rings. The summed E-state index contributed by atoms with van der Waals surface area (Å²) >= 11 is 0. The highest BCUT2D eigenvalue weighted by Crippen LogP contribution is 2.33. The number of aryl methyl sites for hydroxylation is 1. The number of benzene rings is 1. The number of amides is 2. The summed E-state index contributed by atoms with van der Waals surface area (Å²) in [5.74, 6) is 0.991. The number of fused-ring (bicyclic) bond motifs is 1. The number of rotatable bonds is 4. The van der Waals surface area contributed by atoms with Crippen molar-refractivity contribution in [2.75, 3.05) is 6.54 Å². The molecule has 1 N–H and O–H groups in total. The zero-order valence-electron chi connectivity index (χ0n) is 14.9. The lowest BCUT2D eigenvalue weighted by Gasteiger charge is -2.25. The monoisotopic (exact) mass is 349 g/mol. The molecule has 2 amide bonds. The Morgan fingerprint density at radius 2 is 2.04 bits per heavy atom. The van der Waals surface area contributed by atoms with E-state index in [-0.39, 0.29) is 12.1 Å². The van der Waals surface area contributed by atoms with Crippen LogP contribution in [0.3, 0.4) is 0 Å². The molecule has 0 spiro atoms. The maximum Gasteiger partial charge on any atom is 0.318 e. The molecule has 0 saturated carbocycles. The second-order valence-electron chi connectivity index (χ2n) is 6.57. The number of carbonyl (C=O) groups is 1. The summed E-state index contributed by atoms with van der Waals surface area (Å²) in [6.07, 6.45) is 5.43. The number of aromatic nitrogens is 3. The number of nitrogens with zero attached hydrogens (tertiary/aromatic N) is 4. The first-order valence-electron chi connectivity index (χ1n) is 9.16. The number of para-hydroxylation sites is 2. The van der Waals surface area contributed by atoms with Gasteiger partial charge in [-0.15, -0.1) is 0 Å². The molecule has 134 valence electrons. The summed E-state index contributed by atoms with van der Waals surface area (Å²) in [6, 6.07) is 12.0. The van der Waals surface area contributed by atoms with Crippen LogP contribution in [0.5, 0.6) is 0 Å².